The molecule has 2 aromatic rings. The van der Waals surface area contributed by atoms with Gasteiger partial charge in [-0.15, -0.1) is 0 Å². The summed E-state index contributed by atoms with van der Waals surface area (Å²) in [6.07, 6.45) is 1.30. The van der Waals surface area contributed by atoms with Gasteiger partial charge < -0.3 is 14.6 Å². The SMILES string of the molecule is COC(Cc1ccccc1)NCC(O)COc1ncccc1C#N. The fraction of sp³-hybridized carbons (Fsp3) is 0.333. The number of ether oxygens (including phenoxy) is 2. The number of nitrogens with zero attached hydrogens (tertiary/aromatic N) is 2. The first-order valence-electron chi connectivity index (χ1n) is 7.69. The van der Waals surface area contributed by atoms with Gasteiger partial charge in [0, 0.05) is 26.3 Å². The van der Waals surface area contributed by atoms with Gasteiger partial charge in [-0.25, -0.2) is 4.98 Å². The second-order valence-electron chi connectivity index (χ2n) is 5.26. The van der Waals surface area contributed by atoms with Crippen molar-refractivity contribution in [1.29, 1.82) is 5.26 Å². The van der Waals surface area contributed by atoms with E-state index in [-0.39, 0.29) is 18.7 Å². The van der Waals surface area contributed by atoms with Crippen LogP contribution in [0.3, 0.4) is 0 Å². The maximum absolute atomic E-state index is 10.0. The Morgan fingerprint density at radius 3 is 2.75 bits per heavy atom. The summed E-state index contributed by atoms with van der Waals surface area (Å²) in [5, 5.41) is 22.1. The Morgan fingerprint density at radius 2 is 2.04 bits per heavy atom. The molecular formula is C18H21N3O3. The first-order valence-corrected chi connectivity index (χ1v) is 7.69. The molecule has 0 bridgehead atoms. The molecule has 1 heterocycles. The minimum Gasteiger partial charge on any atom is -0.474 e. The van der Waals surface area contributed by atoms with Crippen molar-refractivity contribution in [2.75, 3.05) is 20.3 Å². The van der Waals surface area contributed by atoms with E-state index in [1.165, 1.54) is 0 Å². The summed E-state index contributed by atoms with van der Waals surface area (Å²) >= 11 is 0. The number of aromatic nitrogens is 1. The Balaban J connectivity index is 1.77. The lowest BCUT2D eigenvalue weighted by atomic mass is 10.1. The van der Waals surface area contributed by atoms with Gasteiger partial charge in [0.15, 0.2) is 0 Å². The number of hydrogen-bond acceptors (Lipinski definition) is 6. The van der Waals surface area contributed by atoms with Gasteiger partial charge in [0.05, 0.1) is 0 Å². The van der Waals surface area contributed by atoms with Crippen molar-refractivity contribution >= 4 is 0 Å². The molecule has 0 saturated heterocycles. The number of aliphatic hydroxyl groups excluding tert-OH is 1. The third-order valence-corrected chi connectivity index (χ3v) is 3.43. The van der Waals surface area contributed by atoms with E-state index in [0.717, 1.165) is 5.56 Å². The van der Waals surface area contributed by atoms with Gasteiger partial charge in [-0.1, -0.05) is 30.3 Å². The van der Waals surface area contributed by atoms with Crippen LogP contribution < -0.4 is 10.1 Å². The second kappa shape index (κ2) is 9.63. The van der Waals surface area contributed by atoms with E-state index in [9.17, 15) is 5.11 Å². The molecule has 0 aliphatic rings. The minimum atomic E-state index is -0.744. The first kappa shape index (κ1) is 17.9. The van der Waals surface area contributed by atoms with E-state index in [0.29, 0.717) is 18.5 Å². The Kier molecular flexibility index (Phi) is 7.18. The summed E-state index contributed by atoms with van der Waals surface area (Å²) in [6.45, 7) is 0.348. The lowest BCUT2D eigenvalue weighted by molar-refractivity contribution is 0.0459. The quantitative estimate of drug-likeness (QED) is 0.679. The molecule has 0 radical (unpaired) electrons. The maximum atomic E-state index is 10.0. The highest BCUT2D eigenvalue weighted by molar-refractivity contribution is 5.36. The van der Waals surface area contributed by atoms with Crippen LogP contribution in [0.15, 0.2) is 48.7 Å². The van der Waals surface area contributed by atoms with Crippen LogP contribution in [0.2, 0.25) is 0 Å². The van der Waals surface area contributed by atoms with Crippen molar-refractivity contribution in [3.63, 3.8) is 0 Å². The summed E-state index contributed by atoms with van der Waals surface area (Å²) in [5.74, 6) is 0.228. The normalized spacial score (nSPS) is 13.0. The lowest BCUT2D eigenvalue weighted by Crippen LogP contribution is -2.40. The van der Waals surface area contributed by atoms with Crippen LogP contribution in [0, 0.1) is 11.3 Å². The van der Waals surface area contributed by atoms with Crippen molar-refractivity contribution in [1.82, 2.24) is 10.3 Å². The fourth-order valence-electron chi connectivity index (χ4n) is 2.16. The van der Waals surface area contributed by atoms with E-state index in [4.69, 9.17) is 14.7 Å². The molecule has 2 rings (SSSR count). The number of nitrogens with one attached hydrogen (secondary N) is 1. The zero-order chi connectivity index (χ0) is 17.2. The van der Waals surface area contributed by atoms with Crippen LogP contribution in [-0.4, -0.2) is 42.7 Å². The van der Waals surface area contributed by atoms with Crippen molar-refractivity contribution < 1.29 is 14.6 Å². The summed E-state index contributed by atoms with van der Waals surface area (Å²) in [6, 6.07) is 15.3. The molecule has 126 valence electrons. The molecule has 0 aliphatic carbocycles. The van der Waals surface area contributed by atoms with Crippen molar-refractivity contribution in [2.24, 2.45) is 0 Å². The Morgan fingerprint density at radius 1 is 1.25 bits per heavy atom. The Hall–Kier alpha value is -2.46. The number of rotatable bonds is 9. The summed E-state index contributed by atoms with van der Waals surface area (Å²) in [4.78, 5) is 3.99. The monoisotopic (exact) mass is 327 g/mol. The second-order valence-corrected chi connectivity index (χ2v) is 5.26. The highest BCUT2D eigenvalue weighted by atomic mass is 16.5. The van der Waals surface area contributed by atoms with E-state index >= 15 is 0 Å². The molecule has 6 heteroatoms. The van der Waals surface area contributed by atoms with Crippen LogP contribution in [-0.2, 0) is 11.2 Å². The minimum absolute atomic E-state index is 0.0421. The van der Waals surface area contributed by atoms with Gasteiger partial charge in [0.25, 0.3) is 0 Å². The first-order chi connectivity index (χ1) is 11.7. The largest absolute Gasteiger partial charge is 0.474 e. The standard InChI is InChI=1S/C18H21N3O3/c1-23-17(10-14-6-3-2-4-7-14)21-12-16(22)13-24-18-15(11-19)8-5-9-20-18/h2-9,16-17,21-22H,10,12-13H2,1H3. The molecule has 0 amide bonds. The van der Waals surface area contributed by atoms with Gasteiger partial charge in [-0.3, -0.25) is 5.32 Å². The van der Waals surface area contributed by atoms with Crippen LogP contribution in [0.5, 0.6) is 5.88 Å². The average molecular weight is 327 g/mol. The molecule has 0 saturated carbocycles. The third kappa shape index (κ3) is 5.63. The molecule has 2 unspecified atom stereocenters. The molecule has 2 atom stereocenters. The van der Waals surface area contributed by atoms with Crippen LogP contribution >= 0.6 is 0 Å². The Labute approximate surface area is 141 Å². The third-order valence-electron chi connectivity index (χ3n) is 3.43. The number of pyridine rings is 1. The predicted octanol–water partition coefficient (Wildman–Crippen LogP) is 1.50. The lowest BCUT2D eigenvalue weighted by Gasteiger charge is -2.20. The van der Waals surface area contributed by atoms with Crippen molar-refractivity contribution in [2.45, 2.75) is 18.8 Å². The number of hydrogen-bond donors (Lipinski definition) is 2. The summed E-state index contributed by atoms with van der Waals surface area (Å²) in [5.41, 5.74) is 1.49. The molecule has 0 spiro atoms. The van der Waals surface area contributed by atoms with Crippen molar-refractivity contribution in [3.8, 4) is 11.9 Å². The molecule has 1 aromatic carbocycles. The zero-order valence-corrected chi connectivity index (χ0v) is 13.6. The fourth-order valence-corrected chi connectivity index (χ4v) is 2.16. The number of aliphatic hydroxyl groups is 1. The molecular weight excluding hydrogens is 306 g/mol. The molecule has 2 N–H and O–H groups in total. The zero-order valence-electron chi connectivity index (χ0n) is 13.6. The predicted molar refractivity (Wildman–Crippen MR) is 89.4 cm³/mol. The van der Waals surface area contributed by atoms with Gasteiger partial charge in [-0.2, -0.15) is 5.26 Å². The average Bonchev–Trinajstić information content (AvgIpc) is 2.64. The summed E-state index contributed by atoms with van der Waals surface area (Å²) in [7, 11) is 1.62. The van der Waals surface area contributed by atoms with Crippen molar-refractivity contribution in [3.05, 3.63) is 59.8 Å². The molecule has 24 heavy (non-hydrogen) atoms. The van der Waals surface area contributed by atoms with Gasteiger partial charge in [-0.05, 0) is 17.7 Å². The van der Waals surface area contributed by atoms with E-state index in [1.807, 2.05) is 36.4 Å². The smallest absolute Gasteiger partial charge is 0.231 e. The molecule has 0 fully saturated rings. The van der Waals surface area contributed by atoms with Gasteiger partial charge >= 0.3 is 0 Å². The molecule has 1 aromatic heterocycles. The highest BCUT2D eigenvalue weighted by Gasteiger charge is 2.13. The van der Waals surface area contributed by atoms with Gasteiger partial charge in [0.1, 0.15) is 30.6 Å². The van der Waals surface area contributed by atoms with Crippen LogP contribution in [0.25, 0.3) is 0 Å². The maximum Gasteiger partial charge on any atom is 0.231 e. The van der Waals surface area contributed by atoms with Gasteiger partial charge in [0.2, 0.25) is 5.88 Å². The molecule has 6 nitrogen and oxygen atoms in total. The Bertz CT molecular complexity index is 658. The molecule has 0 aliphatic heterocycles. The van der Waals surface area contributed by atoms with E-state index in [1.54, 1.807) is 25.4 Å². The van der Waals surface area contributed by atoms with E-state index < -0.39 is 6.10 Å². The number of nitriles is 1. The van der Waals surface area contributed by atoms with Crippen LogP contribution in [0.1, 0.15) is 11.1 Å². The number of methoxy groups -OCH3 is 1. The topological polar surface area (TPSA) is 87.4 Å². The van der Waals surface area contributed by atoms with Crippen LogP contribution in [0.4, 0.5) is 0 Å². The number of benzene rings is 1. The summed E-state index contributed by atoms with van der Waals surface area (Å²) < 4.78 is 10.8. The van der Waals surface area contributed by atoms with E-state index in [2.05, 4.69) is 10.3 Å². The highest BCUT2D eigenvalue weighted by Crippen LogP contribution is 2.12.